The second kappa shape index (κ2) is 4.52. The van der Waals surface area contributed by atoms with Gasteiger partial charge < -0.3 is 10.1 Å². The first-order chi connectivity index (χ1) is 8.14. The van der Waals surface area contributed by atoms with Crippen LogP contribution in [0.4, 0.5) is 0 Å². The summed E-state index contributed by atoms with van der Waals surface area (Å²) in [6, 6.07) is 0.788. The quantitative estimate of drug-likeness (QED) is 0.791. The van der Waals surface area contributed by atoms with E-state index in [2.05, 4.69) is 24.1 Å². The SMILES string of the molecule is CC1(C)CCC(CN2CCCC3CNCC32)O1. The lowest BCUT2D eigenvalue weighted by Gasteiger charge is -2.38. The second-order valence-corrected chi connectivity index (χ2v) is 6.66. The number of fused-ring (bicyclic) bond motifs is 1. The standard InChI is InChI=1S/C14H26N2O/c1-14(2)6-5-12(17-14)10-16-7-3-4-11-8-15-9-13(11)16/h11-13,15H,3-10H2,1-2H3. The lowest BCUT2D eigenvalue weighted by atomic mass is 9.91. The molecule has 3 aliphatic rings. The molecular formula is C14H26N2O. The zero-order chi connectivity index (χ0) is 11.9. The largest absolute Gasteiger partial charge is 0.371 e. The maximum atomic E-state index is 6.14. The third kappa shape index (κ3) is 2.51. The molecule has 0 amide bonds. The second-order valence-electron chi connectivity index (χ2n) is 6.66. The summed E-state index contributed by atoms with van der Waals surface area (Å²) in [5, 5.41) is 3.55. The van der Waals surface area contributed by atoms with Crippen LogP contribution in [0.25, 0.3) is 0 Å². The fourth-order valence-electron chi connectivity index (χ4n) is 3.86. The summed E-state index contributed by atoms with van der Waals surface area (Å²) in [4.78, 5) is 2.69. The zero-order valence-electron chi connectivity index (χ0n) is 11.2. The molecule has 0 aromatic carbocycles. The van der Waals surface area contributed by atoms with Crippen molar-refractivity contribution in [2.24, 2.45) is 5.92 Å². The van der Waals surface area contributed by atoms with Gasteiger partial charge >= 0.3 is 0 Å². The predicted octanol–water partition coefficient (Wildman–Crippen LogP) is 1.63. The Balaban J connectivity index is 1.57. The van der Waals surface area contributed by atoms with Crippen LogP contribution in [0.15, 0.2) is 0 Å². The topological polar surface area (TPSA) is 24.5 Å². The summed E-state index contributed by atoms with van der Waals surface area (Å²) in [5.41, 5.74) is 0.119. The Morgan fingerprint density at radius 2 is 2.18 bits per heavy atom. The molecule has 3 rings (SSSR count). The average Bonchev–Trinajstić information content (AvgIpc) is 2.85. The van der Waals surface area contributed by atoms with Gasteiger partial charge in [0, 0.05) is 19.1 Å². The molecule has 3 atom stereocenters. The van der Waals surface area contributed by atoms with Crippen molar-refractivity contribution in [1.82, 2.24) is 10.2 Å². The van der Waals surface area contributed by atoms with E-state index in [1.165, 1.54) is 45.3 Å². The highest BCUT2D eigenvalue weighted by atomic mass is 16.5. The lowest BCUT2D eigenvalue weighted by molar-refractivity contribution is -0.0389. The Morgan fingerprint density at radius 1 is 1.29 bits per heavy atom. The maximum Gasteiger partial charge on any atom is 0.0710 e. The molecule has 3 heteroatoms. The van der Waals surface area contributed by atoms with Gasteiger partial charge in [0.2, 0.25) is 0 Å². The van der Waals surface area contributed by atoms with Crippen LogP contribution in [0.3, 0.4) is 0 Å². The number of ether oxygens (including phenoxy) is 1. The molecule has 3 fully saturated rings. The van der Waals surface area contributed by atoms with Gasteiger partial charge in [-0.2, -0.15) is 0 Å². The molecule has 0 aromatic heterocycles. The molecule has 3 unspecified atom stereocenters. The predicted molar refractivity (Wildman–Crippen MR) is 69.1 cm³/mol. The highest BCUT2D eigenvalue weighted by Crippen LogP contribution is 2.32. The van der Waals surface area contributed by atoms with Gasteiger partial charge in [0.15, 0.2) is 0 Å². The van der Waals surface area contributed by atoms with Gasteiger partial charge in [-0.1, -0.05) is 0 Å². The van der Waals surface area contributed by atoms with E-state index in [-0.39, 0.29) is 5.60 Å². The van der Waals surface area contributed by atoms with Crippen LogP contribution in [-0.2, 0) is 4.74 Å². The van der Waals surface area contributed by atoms with Gasteiger partial charge in [-0.25, -0.2) is 0 Å². The molecule has 0 spiro atoms. The molecule has 98 valence electrons. The van der Waals surface area contributed by atoms with Crippen LogP contribution in [-0.4, -0.2) is 48.8 Å². The van der Waals surface area contributed by atoms with Gasteiger partial charge in [0.25, 0.3) is 0 Å². The van der Waals surface area contributed by atoms with Crippen LogP contribution in [0.1, 0.15) is 39.5 Å². The van der Waals surface area contributed by atoms with Crippen molar-refractivity contribution in [2.75, 3.05) is 26.2 Å². The highest BCUT2D eigenvalue weighted by molar-refractivity contribution is 4.93. The van der Waals surface area contributed by atoms with Gasteiger partial charge in [-0.15, -0.1) is 0 Å². The molecule has 0 bridgehead atoms. The van der Waals surface area contributed by atoms with E-state index >= 15 is 0 Å². The molecule has 0 radical (unpaired) electrons. The Bertz CT molecular complexity index is 279. The Hall–Kier alpha value is -0.120. The number of hydrogen-bond donors (Lipinski definition) is 1. The van der Waals surface area contributed by atoms with E-state index in [9.17, 15) is 0 Å². The third-order valence-electron chi connectivity index (χ3n) is 4.79. The van der Waals surface area contributed by atoms with Crippen molar-refractivity contribution in [3.63, 3.8) is 0 Å². The van der Waals surface area contributed by atoms with Crippen molar-refractivity contribution in [2.45, 2.75) is 57.3 Å². The molecule has 3 nitrogen and oxygen atoms in total. The number of nitrogens with one attached hydrogen (secondary N) is 1. The summed E-state index contributed by atoms with van der Waals surface area (Å²) in [7, 11) is 0. The molecule has 3 saturated heterocycles. The minimum atomic E-state index is 0.119. The molecule has 0 saturated carbocycles. The van der Waals surface area contributed by atoms with Crippen LogP contribution >= 0.6 is 0 Å². The summed E-state index contributed by atoms with van der Waals surface area (Å²) in [6.07, 6.45) is 5.74. The number of likely N-dealkylation sites (tertiary alicyclic amines) is 1. The molecule has 3 heterocycles. The summed E-state index contributed by atoms with van der Waals surface area (Å²) in [5.74, 6) is 0.901. The van der Waals surface area contributed by atoms with Crippen molar-refractivity contribution in [3.05, 3.63) is 0 Å². The van der Waals surface area contributed by atoms with Crippen LogP contribution < -0.4 is 5.32 Å². The van der Waals surface area contributed by atoms with E-state index in [0.29, 0.717) is 6.10 Å². The molecular weight excluding hydrogens is 212 g/mol. The first-order valence-corrected chi connectivity index (χ1v) is 7.27. The van der Waals surface area contributed by atoms with Crippen LogP contribution in [0, 0.1) is 5.92 Å². The van der Waals surface area contributed by atoms with E-state index in [0.717, 1.165) is 18.5 Å². The van der Waals surface area contributed by atoms with Gasteiger partial charge in [0.05, 0.1) is 11.7 Å². The zero-order valence-corrected chi connectivity index (χ0v) is 11.2. The van der Waals surface area contributed by atoms with Crippen molar-refractivity contribution in [3.8, 4) is 0 Å². The fraction of sp³-hybridized carbons (Fsp3) is 1.00. The maximum absolute atomic E-state index is 6.14. The lowest BCUT2D eigenvalue weighted by Crippen LogP contribution is -2.48. The molecule has 17 heavy (non-hydrogen) atoms. The van der Waals surface area contributed by atoms with Gasteiger partial charge in [-0.05, 0) is 58.5 Å². The van der Waals surface area contributed by atoms with Crippen molar-refractivity contribution >= 4 is 0 Å². The molecule has 0 aromatic rings. The third-order valence-corrected chi connectivity index (χ3v) is 4.79. The molecule has 3 aliphatic heterocycles. The van der Waals surface area contributed by atoms with E-state index in [1.807, 2.05) is 0 Å². The van der Waals surface area contributed by atoms with E-state index < -0.39 is 0 Å². The van der Waals surface area contributed by atoms with E-state index in [1.54, 1.807) is 0 Å². The van der Waals surface area contributed by atoms with Crippen LogP contribution in [0.2, 0.25) is 0 Å². The highest BCUT2D eigenvalue weighted by Gasteiger charge is 2.38. The first kappa shape index (κ1) is 11.9. The average molecular weight is 238 g/mol. The molecule has 1 N–H and O–H groups in total. The van der Waals surface area contributed by atoms with E-state index in [4.69, 9.17) is 4.74 Å². The Morgan fingerprint density at radius 3 is 2.94 bits per heavy atom. The fourth-order valence-corrected chi connectivity index (χ4v) is 3.86. The Labute approximate surface area is 105 Å². The summed E-state index contributed by atoms with van der Waals surface area (Å²) >= 11 is 0. The van der Waals surface area contributed by atoms with Gasteiger partial charge in [0.1, 0.15) is 0 Å². The molecule has 0 aliphatic carbocycles. The normalized spacial score (nSPS) is 41.6. The summed E-state index contributed by atoms with van der Waals surface area (Å²) in [6.45, 7) is 9.32. The minimum absolute atomic E-state index is 0.119. The number of rotatable bonds is 2. The number of piperidine rings is 1. The first-order valence-electron chi connectivity index (χ1n) is 7.27. The monoisotopic (exact) mass is 238 g/mol. The summed E-state index contributed by atoms with van der Waals surface area (Å²) < 4.78 is 6.14. The smallest absolute Gasteiger partial charge is 0.0710 e. The van der Waals surface area contributed by atoms with Crippen molar-refractivity contribution in [1.29, 1.82) is 0 Å². The van der Waals surface area contributed by atoms with Gasteiger partial charge in [-0.3, -0.25) is 4.90 Å². The van der Waals surface area contributed by atoms with Crippen LogP contribution in [0.5, 0.6) is 0 Å². The number of nitrogens with zero attached hydrogens (tertiary/aromatic N) is 1. The minimum Gasteiger partial charge on any atom is -0.371 e. The Kier molecular flexibility index (Phi) is 3.18. The number of hydrogen-bond acceptors (Lipinski definition) is 3. The van der Waals surface area contributed by atoms with Crippen molar-refractivity contribution < 1.29 is 4.74 Å².